The molecule has 0 unspecified atom stereocenters. The van der Waals surface area contributed by atoms with E-state index in [1.54, 1.807) is 29.2 Å². The Morgan fingerprint density at radius 3 is 2.45 bits per heavy atom. The van der Waals surface area contributed by atoms with Crippen LogP contribution in [0.5, 0.6) is 0 Å². The molecule has 190 valence electrons. The summed E-state index contributed by atoms with van der Waals surface area (Å²) in [5.41, 5.74) is 4.85. The number of nitriles is 1. The summed E-state index contributed by atoms with van der Waals surface area (Å²) in [6, 6.07) is 23.9. The van der Waals surface area contributed by atoms with E-state index >= 15 is 0 Å². The van der Waals surface area contributed by atoms with Gasteiger partial charge >= 0.3 is 0 Å². The number of amides is 3. The Morgan fingerprint density at radius 2 is 1.74 bits per heavy atom. The van der Waals surface area contributed by atoms with Crippen LogP contribution in [0, 0.1) is 11.3 Å². The highest BCUT2D eigenvalue weighted by Crippen LogP contribution is 2.32. The maximum atomic E-state index is 13.2. The molecule has 38 heavy (non-hydrogen) atoms. The molecule has 0 radical (unpaired) electrons. The third-order valence-electron chi connectivity index (χ3n) is 6.75. The van der Waals surface area contributed by atoms with Gasteiger partial charge in [0.25, 0.3) is 0 Å². The second-order valence-electron chi connectivity index (χ2n) is 9.40. The monoisotopic (exact) mass is 505 g/mol. The van der Waals surface area contributed by atoms with Gasteiger partial charge in [-0.3, -0.25) is 14.4 Å². The lowest BCUT2D eigenvalue weighted by Gasteiger charge is -2.24. The van der Waals surface area contributed by atoms with Crippen molar-refractivity contribution in [1.29, 1.82) is 5.26 Å². The van der Waals surface area contributed by atoms with Crippen molar-refractivity contribution in [1.82, 2.24) is 9.88 Å². The standard InChI is InChI=1S/C30H27N5O3/c1-19(36)32-22-11-9-21(10-12-22)29-25(18-31)24-17-23(13-14-26(24)34-29)33-30(38)27-8-5-15-35(27)28(37)16-20-6-3-2-4-7-20/h2-4,6-7,9-14,17,27,34H,5,8,15-16H2,1H3,(H,32,36)(H,33,38)/t27-/m0/s1. The largest absolute Gasteiger partial charge is 0.353 e. The van der Waals surface area contributed by atoms with E-state index in [2.05, 4.69) is 21.7 Å². The van der Waals surface area contributed by atoms with Crippen LogP contribution >= 0.6 is 0 Å². The maximum Gasteiger partial charge on any atom is 0.247 e. The van der Waals surface area contributed by atoms with Gasteiger partial charge in [0, 0.05) is 35.7 Å². The lowest BCUT2D eigenvalue weighted by atomic mass is 10.1. The fourth-order valence-corrected chi connectivity index (χ4v) is 4.96. The first-order valence-electron chi connectivity index (χ1n) is 12.5. The minimum atomic E-state index is -0.527. The molecule has 3 aromatic carbocycles. The van der Waals surface area contributed by atoms with Gasteiger partial charge in [-0.1, -0.05) is 42.5 Å². The summed E-state index contributed by atoms with van der Waals surface area (Å²) in [5.74, 6) is -0.445. The van der Waals surface area contributed by atoms with Crippen LogP contribution in [0.3, 0.4) is 0 Å². The number of benzene rings is 3. The summed E-state index contributed by atoms with van der Waals surface area (Å²) in [6.07, 6.45) is 1.65. The van der Waals surface area contributed by atoms with Gasteiger partial charge < -0.3 is 20.5 Å². The first-order chi connectivity index (χ1) is 18.4. The number of likely N-dealkylation sites (tertiary alicyclic amines) is 1. The first-order valence-corrected chi connectivity index (χ1v) is 12.5. The second-order valence-corrected chi connectivity index (χ2v) is 9.40. The molecule has 3 amide bonds. The zero-order valence-corrected chi connectivity index (χ0v) is 21.0. The Labute approximate surface area is 220 Å². The highest BCUT2D eigenvalue weighted by molar-refractivity contribution is 6.01. The van der Waals surface area contributed by atoms with Crippen molar-refractivity contribution in [3.63, 3.8) is 0 Å². The molecule has 0 bridgehead atoms. The van der Waals surface area contributed by atoms with Gasteiger partial charge in [0.15, 0.2) is 0 Å². The van der Waals surface area contributed by atoms with Gasteiger partial charge in [-0.2, -0.15) is 5.26 Å². The summed E-state index contributed by atoms with van der Waals surface area (Å²) in [5, 5.41) is 16.3. The van der Waals surface area contributed by atoms with Crippen molar-refractivity contribution in [2.45, 2.75) is 32.2 Å². The number of nitrogens with one attached hydrogen (secondary N) is 3. The first kappa shape index (κ1) is 24.8. The molecule has 0 saturated carbocycles. The number of aromatic nitrogens is 1. The Balaban J connectivity index is 1.34. The van der Waals surface area contributed by atoms with E-state index in [1.807, 2.05) is 48.5 Å². The van der Waals surface area contributed by atoms with Crippen LogP contribution in [0.15, 0.2) is 72.8 Å². The molecule has 5 rings (SSSR count). The summed E-state index contributed by atoms with van der Waals surface area (Å²) < 4.78 is 0. The number of fused-ring (bicyclic) bond motifs is 1. The summed E-state index contributed by atoms with van der Waals surface area (Å²) >= 11 is 0. The molecule has 0 aliphatic carbocycles. The molecule has 1 atom stereocenters. The van der Waals surface area contributed by atoms with E-state index in [-0.39, 0.29) is 24.1 Å². The summed E-state index contributed by atoms with van der Waals surface area (Å²) in [6.45, 7) is 2.01. The van der Waals surface area contributed by atoms with Crippen molar-refractivity contribution >= 4 is 40.0 Å². The van der Waals surface area contributed by atoms with Gasteiger partial charge in [0.05, 0.1) is 17.7 Å². The number of aromatic amines is 1. The molecule has 1 saturated heterocycles. The predicted octanol–water partition coefficient (Wildman–Crippen LogP) is 4.84. The van der Waals surface area contributed by atoms with Gasteiger partial charge in [-0.25, -0.2) is 0 Å². The average Bonchev–Trinajstić information content (AvgIpc) is 3.54. The van der Waals surface area contributed by atoms with Gasteiger partial charge in [-0.15, -0.1) is 0 Å². The van der Waals surface area contributed by atoms with Crippen molar-refractivity contribution < 1.29 is 14.4 Å². The minimum absolute atomic E-state index is 0.0594. The molecule has 1 aromatic heterocycles. The van der Waals surface area contributed by atoms with Gasteiger partial charge in [0.2, 0.25) is 17.7 Å². The molecule has 1 fully saturated rings. The van der Waals surface area contributed by atoms with E-state index in [1.165, 1.54) is 6.92 Å². The minimum Gasteiger partial charge on any atom is -0.353 e. The van der Waals surface area contributed by atoms with E-state index in [0.29, 0.717) is 41.0 Å². The smallest absolute Gasteiger partial charge is 0.247 e. The van der Waals surface area contributed by atoms with Crippen molar-refractivity contribution in [3.8, 4) is 17.3 Å². The highest BCUT2D eigenvalue weighted by Gasteiger charge is 2.34. The average molecular weight is 506 g/mol. The molecule has 8 heteroatoms. The number of carbonyl (C=O) groups excluding carboxylic acids is 3. The van der Waals surface area contributed by atoms with Crippen LogP contribution in [0.2, 0.25) is 0 Å². The van der Waals surface area contributed by atoms with Gasteiger partial charge in [-0.05, 0) is 54.3 Å². The Hall–Kier alpha value is -4.90. The molecule has 3 N–H and O–H groups in total. The van der Waals surface area contributed by atoms with Crippen LogP contribution in [0.4, 0.5) is 11.4 Å². The quantitative estimate of drug-likeness (QED) is 0.348. The molecular weight excluding hydrogens is 478 g/mol. The SMILES string of the molecule is CC(=O)Nc1ccc(-c2[nH]c3ccc(NC(=O)[C@@H]4CCCN4C(=O)Cc4ccccc4)cc3c2C#N)cc1. The van der Waals surface area contributed by atoms with Crippen LogP contribution in [-0.2, 0) is 20.8 Å². The molecular formula is C30H27N5O3. The number of nitrogens with zero attached hydrogens (tertiary/aromatic N) is 2. The van der Waals surface area contributed by atoms with E-state index in [4.69, 9.17) is 0 Å². The van der Waals surface area contributed by atoms with E-state index in [9.17, 15) is 19.6 Å². The Kier molecular flexibility index (Phi) is 6.92. The Bertz CT molecular complexity index is 1550. The van der Waals surface area contributed by atoms with Crippen molar-refractivity contribution in [3.05, 3.63) is 83.9 Å². The van der Waals surface area contributed by atoms with E-state index < -0.39 is 6.04 Å². The number of rotatable bonds is 6. The van der Waals surface area contributed by atoms with Crippen molar-refractivity contribution in [2.24, 2.45) is 0 Å². The fourth-order valence-electron chi connectivity index (χ4n) is 4.96. The van der Waals surface area contributed by atoms with Crippen LogP contribution in [-0.4, -0.2) is 40.2 Å². The van der Waals surface area contributed by atoms with Crippen LogP contribution in [0.25, 0.3) is 22.2 Å². The molecule has 1 aliphatic heterocycles. The number of hydrogen-bond acceptors (Lipinski definition) is 4. The third kappa shape index (κ3) is 5.13. The molecule has 2 heterocycles. The highest BCUT2D eigenvalue weighted by atomic mass is 16.2. The number of H-pyrrole nitrogens is 1. The molecule has 0 spiro atoms. The summed E-state index contributed by atoms with van der Waals surface area (Å²) in [4.78, 5) is 42.4. The van der Waals surface area contributed by atoms with Crippen LogP contribution < -0.4 is 10.6 Å². The molecule has 4 aromatic rings. The zero-order chi connectivity index (χ0) is 26.6. The zero-order valence-electron chi connectivity index (χ0n) is 21.0. The molecule has 1 aliphatic rings. The van der Waals surface area contributed by atoms with E-state index in [0.717, 1.165) is 23.1 Å². The number of anilines is 2. The van der Waals surface area contributed by atoms with Gasteiger partial charge in [0.1, 0.15) is 12.1 Å². The third-order valence-corrected chi connectivity index (χ3v) is 6.75. The lowest BCUT2D eigenvalue weighted by Crippen LogP contribution is -2.43. The number of carbonyl (C=O) groups is 3. The predicted molar refractivity (Wildman–Crippen MR) is 146 cm³/mol. The van der Waals surface area contributed by atoms with Crippen molar-refractivity contribution in [2.75, 3.05) is 17.2 Å². The fraction of sp³-hybridized carbons (Fsp3) is 0.200. The summed E-state index contributed by atoms with van der Waals surface area (Å²) in [7, 11) is 0. The van der Waals surface area contributed by atoms with Crippen LogP contribution in [0.1, 0.15) is 30.9 Å². The lowest BCUT2D eigenvalue weighted by molar-refractivity contribution is -0.136. The normalized spacial score (nSPS) is 14.7. The maximum absolute atomic E-state index is 13.2. The topological polar surface area (TPSA) is 118 Å². The Morgan fingerprint density at radius 1 is 1.00 bits per heavy atom. The second kappa shape index (κ2) is 10.6. The number of hydrogen-bond donors (Lipinski definition) is 3. The molecule has 8 nitrogen and oxygen atoms in total.